The van der Waals surface area contributed by atoms with E-state index in [1.807, 2.05) is 36.4 Å². The van der Waals surface area contributed by atoms with Crippen LogP contribution in [0.2, 0.25) is 0 Å². The highest BCUT2D eigenvalue weighted by atomic mass is 19.1. The van der Waals surface area contributed by atoms with Gasteiger partial charge in [0.05, 0.1) is 12.2 Å². The topological polar surface area (TPSA) is 67.2 Å². The zero-order chi connectivity index (χ0) is 19.5. The van der Waals surface area contributed by atoms with Crippen LogP contribution in [0, 0.1) is 5.82 Å². The molecule has 0 spiro atoms. The molecule has 6 nitrogen and oxygen atoms in total. The second kappa shape index (κ2) is 7.64. The Hall–Kier alpha value is -3.48. The summed E-state index contributed by atoms with van der Waals surface area (Å²) in [5, 5.41) is 7.23. The van der Waals surface area contributed by atoms with Crippen molar-refractivity contribution in [2.75, 3.05) is 11.4 Å². The Labute approximate surface area is 161 Å². The van der Waals surface area contributed by atoms with Crippen molar-refractivity contribution in [3.63, 3.8) is 0 Å². The maximum absolute atomic E-state index is 13.7. The lowest BCUT2D eigenvalue weighted by Crippen LogP contribution is -2.44. The number of fused-ring (bicyclic) bond motifs is 1. The number of hydrogen-bond acceptors (Lipinski definition) is 3. The average Bonchev–Trinajstić information content (AvgIpc) is 3.15. The summed E-state index contributed by atoms with van der Waals surface area (Å²) < 4.78 is 15.4. The van der Waals surface area contributed by atoms with Crippen LogP contribution in [-0.4, -0.2) is 28.1 Å². The van der Waals surface area contributed by atoms with Crippen LogP contribution in [0.1, 0.15) is 12.0 Å². The zero-order valence-electron chi connectivity index (χ0n) is 15.1. The number of halogens is 1. The number of carbonyl (C=O) groups is 2. The molecule has 3 aromatic rings. The highest BCUT2D eigenvalue weighted by Crippen LogP contribution is 2.27. The van der Waals surface area contributed by atoms with Crippen molar-refractivity contribution in [2.24, 2.45) is 0 Å². The van der Waals surface area contributed by atoms with Crippen LogP contribution in [0.4, 0.5) is 10.2 Å². The number of hydrogen-bond donors (Lipinski definition) is 1. The third-order valence-corrected chi connectivity index (χ3v) is 4.68. The Bertz CT molecular complexity index is 1020. The molecule has 2 heterocycles. The molecule has 0 radical (unpaired) electrons. The van der Waals surface area contributed by atoms with Crippen LogP contribution in [0.5, 0.6) is 0 Å². The molecule has 2 aromatic carbocycles. The molecule has 1 aliphatic rings. The van der Waals surface area contributed by atoms with Crippen LogP contribution in [-0.2, 0) is 22.7 Å². The number of nitrogens with zero attached hydrogens (tertiary/aromatic N) is 3. The van der Waals surface area contributed by atoms with E-state index in [9.17, 15) is 14.0 Å². The minimum atomic E-state index is -0.373. The fraction of sp³-hybridized carbons (Fsp3) is 0.190. The minimum absolute atomic E-state index is 0.0715. The Morgan fingerprint density at radius 1 is 1.11 bits per heavy atom. The molecule has 1 aromatic heterocycles. The first-order valence-corrected chi connectivity index (χ1v) is 9.05. The van der Waals surface area contributed by atoms with Gasteiger partial charge in [-0.05, 0) is 6.07 Å². The molecule has 0 fully saturated rings. The summed E-state index contributed by atoms with van der Waals surface area (Å²) in [6.07, 6.45) is 0.281. The van der Waals surface area contributed by atoms with Gasteiger partial charge in [-0.15, -0.1) is 0 Å². The van der Waals surface area contributed by atoms with E-state index in [2.05, 4.69) is 10.4 Å². The van der Waals surface area contributed by atoms with E-state index in [-0.39, 0.29) is 37.1 Å². The number of nitrogens with one attached hydrogen (secondary N) is 1. The van der Waals surface area contributed by atoms with Gasteiger partial charge in [-0.1, -0.05) is 48.5 Å². The first-order valence-electron chi connectivity index (χ1n) is 9.05. The molecule has 1 N–H and O–H groups in total. The van der Waals surface area contributed by atoms with Crippen molar-refractivity contribution >= 4 is 17.6 Å². The van der Waals surface area contributed by atoms with Gasteiger partial charge in [0, 0.05) is 30.2 Å². The SMILES string of the molecule is O=C(CN1C(=O)CCn2nc(-c3ccccc3)cc21)NCc1ccccc1F. The largest absolute Gasteiger partial charge is 0.350 e. The van der Waals surface area contributed by atoms with E-state index in [1.54, 1.807) is 22.9 Å². The Balaban J connectivity index is 1.49. The molecule has 1 aliphatic heterocycles. The Morgan fingerprint density at radius 2 is 1.86 bits per heavy atom. The maximum Gasteiger partial charge on any atom is 0.240 e. The summed E-state index contributed by atoms with van der Waals surface area (Å²) in [6, 6.07) is 17.7. The molecule has 4 rings (SSSR count). The van der Waals surface area contributed by atoms with Crippen LogP contribution in [0.15, 0.2) is 60.7 Å². The summed E-state index contributed by atoms with van der Waals surface area (Å²) in [7, 11) is 0. The van der Waals surface area contributed by atoms with Crippen LogP contribution >= 0.6 is 0 Å². The van der Waals surface area contributed by atoms with Gasteiger partial charge in [0.25, 0.3) is 0 Å². The first-order chi connectivity index (χ1) is 13.6. The van der Waals surface area contributed by atoms with E-state index >= 15 is 0 Å². The summed E-state index contributed by atoms with van der Waals surface area (Å²) in [6.45, 7) is 0.420. The average molecular weight is 378 g/mol. The monoisotopic (exact) mass is 378 g/mol. The lowest BCUT2D eigenvalue weighted by Gasteiger charge is -2.26. The van der Waals surface area contributed by atoms with Gasteiger partial charge in [-0.2, -0.15) is 5.10 Å². The van der Waals surface area contributed by atoms with Crippen molar-refractivity contribution in [1.29, 1.82) is 0 Å². The van der Waals surface area contributed by atoms with Crippen LogP contribution in [0.3, 0.4) is 0 Å². The number of rotatable bonds is 5. The van der Waals surface area contributed by atoms with Crippen molar-refractivity contribution in [3.8, 4) is 11.3 Å². The summed E-state index contributed by atoms with van der Waals surface area (Å²) in [5.41, 5.74) is 2.10. The van der Waals surface area contributed by atoms with Gasteiger partial charge in [0.1, 0.15) is 18.2 Å². The second-order valence-electron chi connectivity index (χ2n) is 6.57. The molecule has 0 saturated carbocycles. The van der Waals surface area contributed by atoms with E-state index in [0.717, 1.165) is 11.3 Å². The maximum atomic E-state index is 13.7. The number of benzene rings is 2. The van der Waals surface area contributed by atoms with Gasteiger partial charge in [-0.25, -0.2) is 9.07 Å². The molecule has 2 amide bonds. The third kappa shape index (κ3) is 3.64. The highest BCUT2D eigenvalue weighted by molar-refractivity contribution is 5.99. The lowest BCUT2D eigenvalue weighted by atomic mass is 10.1. The van der Waals surface area contributed by atoms with Gasteiger partial charge >= 0.3 is 0 Å². The van der Waals surface area contributed by atoms with Crippen molar-refractivity contribution in [1.82, 2.24) is 15.1 Å². The second-order valence-corrected chi connectivity index (χ2v) is 6.57. The van der Waals surface area contributed by atoms with Crippen molar-refractivity contribution < 1.29 is 14.0 Å². The molecule has 142 valence electrons. The molecule has 0 saturated heterocycles. The Kier molecular flexibility index (Phi) is 4.89. The highest BCUT2D eigenvalue weighted by Gasteiger charge is 2.28. The van der Waals surface area contributed by atoms with E-state index < -0.39 is 0 Å². The molecule has 0 bridgehead atoms. The number of aromatic nitrogens is 2. The van der Waals surface area contributed by atoms with Gasteiger partial charge in [0.2, 0.25) is 11.8 Å². The van der Waals surface area contributed by atoms with E-state index in [1.165, 1.54) is 11.0 Å². The lowest BCUT2D eigenvalue weighted by molar-refractivity contribution is -0.124. The quantitative estimate of drug-likeness (QED) is 0.742. The molecule has 0 atom stereocenters. The summed E-state index contributed by atoms with van der Waals surface area (Å²) >= 11 is 0. The van der Waals surface area contributed by atoms with Gasteiger partial charge in [0.15, 0.2) is 0 Å². The molecule has 0 unspecified atom stereocenters. The standard InChI is InChI=1S/C21H19FN4O2/c22-17-9-5-4-8-16(17)13-23-19(27)14-25-20-12-18(15-6-2-1-3-7-15)24-26(20)11-10-21(25)28/h1-9,12H,10-11,13-14H2,(H,23,27). The van der Waals surface area contributed by atoms with Gasteiger partial charge in [-0.3, -0.25) is 14.5 Å². The predicted octanol–water partition coefficient (Wildman–Crippen LogP) is 2.74. The fourth-order valence-corrected chi connectivity index (χ4v) is 3.21. The Morgan fingerprint density at radius 3 is 2.64 bits per heavy atom. The van der Waals surface area contributed by atoms with E-state index in [0.29, 0.717) is 17.9 Å². The van der Waals surface area contributed by atoms with E-state index in [4.69, 9.17) is 0 Å². The molecular weight excluding hydrogens is 359 g/mol. The fourth-order valence-electron chi connectivity index (χ4n) is 3.21. The molecule has 7 heteroatoms. The number of amides is 2. The first kappa shape index (κ1) is 17.9. The molecule has 0 aliphatic carbocycles. The summed E-state index contributed by atoms with van der Waals surface area (Å²) in [5.74, 6) is -0.265. The number of aryl methyl sites for hydroxylation is 1. The minimum Gasteiger partial charge on any atom is -0.350 e. The zero-order valence-corrected chi connectivity index (χ0v) is 15.1. The van der Waals surface area contributed by atoms with Crippen molar-refractivity contribution in [3.05, 3.63) is 72.0 Å². The van der Waals surface area contributed by atoms with Crippen LogP contribution in [0.25, 0.3) is 11.3 Å². The van der Waals surface area contributed by atoms with Gasteiger partial charge < -0.3 is 5.32 Å². The van der Waals surface area contributed by atoms with Crippen molar-refractivity contribution in [2.45, 2.75) is 19.5 Å². The summed E-state index contributed by atoms with van der Waals surface area (Å²) in [4.78, 5) is 26.2. The third-order valence-electron chi connectivity index (χ3n) is 4.68. The molecule has 28 heavy (non-hydrogen) atoms. The van der Waals surface area contributed by atoms with Crippen LogP contribution < -0.4 is 10.2 Å². The normalized spacial score (nSPS) is 13.3. The predicted molar refractivity (Wildman–Crippen MR) is 103 cm³/mol. The number of carbonyl (C=O) groups excluding carboxylic acids is 2. The molecular formula is C21H19FN4O2. The smallest absolute Gasteiger partial charge is 0.240 e. The number of anilines is 1.